The van der Waals surface area contributed by atoms with Crippen LogP contribution in [0, 0.1) is 5.92 Å². The van der Waals surface area contributed by atoms with Gasteiger partial charge in [-0.15, -0.1) is 0 Å². The molecule has 1 aliphatic carbocycles. The Morgan fingerprint density at radius 3 is 2.73 bits per heavy atom. The third-order valence-corrected chi connectivity index (χ3v) is 3.72. The largest absolute Gasteiger partial charge is 0.383 e. The van der Waals surface area contributed by atoms with Crippen LogP contribution in [-0.4, -0.2) is 11.9 Å². The summed E-state index contributed by atoms with van der Waals surface area (Å²) in [4.78, 5) is 4.64. The maximum Gasteiger partial charge on any atom is 0.126 e. The molecule has 0 aromatic heterocycles. The minimum Gasteiger partial charge on any atom is -0.383 e. The lowest BCUT2D eigenvalue weighted by molar-refractivity contribution is 0.260. The first kappa shape index (κ1) is 8.96. The Bertz CT molecular complexity index is 405. The molecule has 0 bridgehead atoms. The van der Waals surface area contributed by atoms with Gasteiger partial charge in [-0.05, 0) is 30.7 Å². The summed E-state index contributed by atoms with van der Waals surface area (Å²) in [5.74, 6) is 1.53. The van der Waals surface area contributed by atoms with Gasteiger partial charge >= 0.3 is 0 Å². The van der Waals surface area contributed by atoms with Crippen molar-refractivity contribution in [2.24, 2.45) is 16.6 Å². The summed E-state index contributed by atoms with van der Waals surface area (Å²) in [6, 6.07) is 8.84. The van der Waals surface area contributed by atoms with Gasteiger partial charge in [0.05, 0.1) is 6.04 Å². The van der Waals surface area contributed by atoms with E-state index in [1.165, 1.54) is 24.8 Å². The Morgan fingerprint density at radius 2 is 2.00 bits per heavy atom. The zero-order valence-electron chi connectivity index (χ0n) is 8.82. The lowest BCUT2D eigenvalue weighted by Crippen LogP contribution is -2.34. The van der Waals surface area contributed by atoms with Gasteiger partial charge in [0.2, 0.25) is 0 Å². The number of rotatable bonds is 1. The Labute approximate surface area is 90.2 Å². The highest BCUT2D eigenvalue weighted by molar-refractivity contribution is 5.99. The van der Waals surface area contributed by atoms with E-state index in [1.807, 2.05) is 6.07 Å². The first-order valence-corrected chi connectivity index (χ1v) is 5.76. The van der Waals surface area contributed by atoms with Crippen molar-refractivity contribution in [3.8, 4) is 0 Å². The molecule has 1 aromatic rings. The first-order chi connectivity index (χ1) is 7.34. The van der Waals surface area contributed by atoms with Crippen molar-refractivity contribution in [2.75, 3.05) is 0 Å². The molecule has 0 amide bonds. The maximum atomic E-state index is 6.00. The molecule has 0 spiro atoms. The van der Waals surface area contributed by atoms with Crippen LogP contribution in [-0.2, 0) is 6.42 Å². The Morgan fingerprint density at radius 1 is 1.20 bits per heavy atom. The average molecular weight is 200 g/mol. The minimum atomic E-state index is 0.452. The van der Waals surface area contributed by atoms with Crippen molar-refractivity contribution in [3.63, 3.8) is 0 Å². The van der Waals surface area contributed by atoms with Crippen LogP contribution >= 0.6 is 0 Å². The summed E-state index contributed by atoms with van der Waals surface area (Å²) in [5.41, 5.74) is 8.53. The van der Waals surface area contributed by atoms with Crippen LogP contribution in [0.25, 0.3) is 0 Å². The molecule has 1 aliphatic heterocycles. The SMILES string of the molecule is NC1=NC(C2CCC2)Cc2ccccc21. The molecule has 1 heterocycles. The molecule has 2 aliphatic rings. The second-order valence-electron chi connectivity index (χ2n) is 4.63. The number of hydrogen-bond donors (Lipinski definition) is 1. The third-order valence-electron chi connectivity index (χ3n) is 3.72. The van der Waals surface area contributed by atoms with Gasteiger partial charge in [-0.1, -0.05) is 30.7 Å². The van der Waals surface area contributed by atoms with Crippen molar-refractivity contribution in [2.45, 2.75) is 31.7 Å². The number of aliphatic imine (C=N–C) groups is 1. The predicted molar refractivity (Wildman–Crippen MR) is 62.0 cm³/mol. The van der Waals surface area contributed by atoms with Crippen LogP contribution < -0.4 is 5.73 Å². The zero-order valence-corrected chi connectivity index (χ0v) is 8.82. The molecule has 2 nitrogen and oxygen atoms in total. The molecular weight excluding hydrogens is 184 g/mol. The highest BCUT2D eigenvalue weighted by atomic mass is 14.9. The first-order valence-electron chi connectivity index (χ1n) is 5.76. The van der Waals surface area contributed by atoms with Gasteiger partial charge in [0, 0.05) is 5.56 Å². The highest BCUT2D eigenvalue weighted by Gasteiger charge is 2.30. The Balaban J connectivity index is 1.93. The quantitative estimate of drug-likeness (QED) is 0.741. The standard InChI is InChI=1S/C13H16N2/c14-13-11-7-2-1-4-10(11)8-12(15-13)9-5-3-6-9/h1-2,4,7,9,12H,3,5-6,8H2,(H2,14,15). The van der Waals surface area contributed by atoms with Crippen LogP contribution in [0.5, 0.6) is 0 Å². The van der Waals surface area contributed by atoms with Crippen molar-refractivity contribution in [3.05, 3.63) is 35.4 Å². The van der Waals surface area contributed by atoms with Gasteiger partial charge in [0.15, 0.2) is 0 Å². The number of amidine groups is 1. The molecule has 1 saturated carbocycles. The molecule has 2 N–H and O–H groups in total. The van der Waals surface area contributed by atoms with E-state index in [0.717, 1.165) is 23.7 Å². The molecule has 1 aromatic carbocycles. The molecule has 0 radical (unpaired) electrons. The van der Waals surface area contributed by atoms with Crippen molar-refractivity contribution in [1.82, 2.24) is 0 Å². The lowest BCUT2D eigenvalue weighted by atomic mass is 9.76. The number of hydrogen-bond acceptors (Lipinski definition) is 2. The molecule has 1 atom stereocenters. The van der Waals surface area contributed by atoms with Crippen LogP contribution in [0.4, 0.5) is 0 Å². The van der Waals surface area contributed by atoms with Crippen molar-refractivity contribution in [1.29, 1.82) is 0 Å². The summed E-state index contributed by atoms with van der Waals surface area (Å²) < 4.78 is 0. The maximum absolute atomic E-state index is 6.00. The van der Waals surface area contributed by atoms with E-state index in [0.29, 0.717) is 6.04 Å². The van der Waals surface area contributed by atoms with Crippen LogP contribution in [0.1, 0.15) is 30.4 Å². The summed E-state index contributed by atoms with van der Waals surface area (Å²) in [5, 5.41) is 0. The Kier molecular flexibility index (Phi) is 2.01. The summed E-state index contributed by atoms with van der Waals surface area (Å²) in [6.45, 7) is 0. The summed E-state index contributed by atoms with van der Waals surface area (Å²) in [6.07, 6.45) is 5.13. The van der Waals surface area contributed by atoms with Crippen molar-refractivity contribution >= 4 is 5.84 Å². The summed E-state index contributed by atoms with van der Waals surface area (Å²) >= 11 is 0. The normalized spacial score (nSPS) is 25.3. The van der Waals surface area contributed by atoms with Crippen LogP contribution in [0.3, 0.4) is 0 Å². The van der Waals surface area contributed by atoms with Gasteiger partial charge in [-0.3, -0.25) is 4.99 Å². The molecule has 3 rings (SSSR count). The topological polar surface area (TPSA) is 38.4 Å². The average Bonchev–Trinajstić information content (AvgIpc) is 2.15. The van der Waals surface area contributed by atoms with Gasteiger partial charge in [-0.2, -0.15) is 0 Å². The molecule has 1 unspecified atom stereocenters. The molecule has 2 heteroatoms. The molecule has 15 heavy (non-hydrogen) atoms. The smallest absolute Gasteiger partial charge is 0.126 e. The number of nitrogens with two attached hydrogens (primary N) is 1. The van der Waals surface area contributed by atoms with E-state index in [1.54, 1.807) is 0 Å². The van der Waals surface area contributed by atoms with E-state index in [-0.39, 0.29) is 0 Å². The van der Waals surface area contributed by atoms with Crippen LogP contribution in [0.2, 0.25) is 0 Å². The molecule has 78 valence electrons. The minimum absolute atomic E-state index is 0.452. The van der Waals surface area contributed by atoms with E-state index in [4.69, 9.17) is 5.73 Å². The van der Waals surface area contributed by atoms with Gasteiger partial charge in [-0.25, -0.2) is 0 Å². The van der Waals surface area contributed by atoms with Crippen LogP contribution in [0.15, 0.2) is 29.3 Å². The van der Waals surface area contributed by atoms with Gasteiger partial charge in [0.25, 0.3) is 0 Å². The number of benzene rings is 1. The van der Waals surface area contributed by atoms with E-state index < -0.39 is 0 Å². The number of fused-ring (bicyclic) bond motifs is 1. The predicted octanol–water partition coefficient (Wildman–Crippen LogP) is 2.12. The fourth-order valence-corrected chi connectivity index (χ4v) is 2.56. The second kappa shape index (κ2) is 3.37. The molecule has 1 fully saturated rings. The zero-order chi connectivity index (χ0) is 10.3. The van der Waals surface area contributed by atoms with Gasteiger partial charge < -0.3 is 5.73 Å². The summed E-state index contributed by atoms with van der Waals surface area (Å²) in [7, 11) is 0. The molecular formula is C13H16N2. The van der Waals surface area contributed by atoms with E-state index in [2.05, 4.69) is 23.2 Å². The molecule has 0 saturated heterocycles. The third kappa shape index (κ3) is 1.44. The number of nitrogens with zero attached hydrogens (tertiary/aromatic N) is 1. The second-order valence-corrected chi connectivity index (χ2v) is 4.63. The Hall–Kier alpha value is -1.31. The highest BCUT2D eigenvalue weighted by Crippen LogP contribution is 2.34. The monoisotopic (exact) mass is 200 g/mol. The van der Waals surface area contributed by atoms with Gasteiger partial charge in [0.1, 0.15) is 5.84 Å². The fourth-order valence-electron chi connectivity index (χ4n) is 2.56. The lowest BCUT2D eigenvalue weighted by Gasteiger charge is -2.34. The fraction of sp³-hybridized carbons (Fsp3) is 0.462. The van der Waals surface area contributed by atoms with E-state index >= 15 is 0 Å². The van der Waals surface area contributed by atoms with Crippen molar-refractivity contribution < 1.29 is 0 Å². The van der Waals surface area contributed by atoms with E-state index in [9.17, 15) is 0 Å².